The lowest BCUT2D eigenvalue weighted by atomic mass is 10.1. The molecular weight excluding hydrogens is 304 g/mol. The number of rotatable bonds is 12. The minimum atomic E-state index is -0.00185. The molecule has 0 saturated carbocycles. The van der Waals surface area contributed by atoms with E-state index < -0.39 is 0 Å². The van der Waals surface area contributed by atoms with E-state index in [1.54, 1.807) is 0 Å². The maximum Gasteiger partial charge on any atom is 0.237 e. The lowest BCUT2D eigenvalue weighted by Gasteiger charge is -2.26. The predicted octanol–water partition coefficient (Wildman–Crippen LogP) is 4.19. The molecule has 1 rings (SSSR count). The molecule has 0 bridgehead atoms. The Labute approximate surface area is 146 Å². The van der Waals surface area contributed by atoms with Gasteiger partial charge in [-0.3, -0.25) is 9.69 Å². The number of likely N-dealkylation sites (N-methyl/N-ethyl adjacent to an activating group) is 1. The summed E-state index contributed by atoms with van der Waals surface area (Å²) < 4.78 is 0. The lowest BCUT2D eigenvalue weighted by Crippen LogP contribution is -2.46. The Hall–Kier alpha value is -1.00. The van der Waals surface area contributed by atoms with Crippen molar-refractivity contribution in [1.82, 2.24) is 10.2 Å². The van der Waals surface area contributed by atoms with Crippen LogP contribution in [0, 0.1) is 0 Å². The van der Waals surface area contributed by atoms with Crippen LogP contribution < -0.4 is 5.32 Å². The van der Waals surface area contributed by atoms with Crippen molar-refractivity contribution in [2.45, 2.75) is 56.9 Å². The molecular formula is C19H32N2OS. The van der Waals surface area contributed by atoms with Crippen molar-refractivity contribution in [3.05, 3.63) is 30.3 Å². The molecule has 0 spiro atoms. The van der Waals surface area contributed by atoms with Crippen LogP contribution in [0.3, 0.4) is 0 Å². The van der Waals surface area contributed by atoms with Crippen molar-refractivity contribution in [2.24, 2.45) is 0 Å². The van der Waals surface area contributed by atoms with Gasteiger partial charge in [-0.05, 0) is 32.0 Å². The third kappa shape index (κ3) is 8.42. The number of unbranched alkanes of at least 4 members (excludes halogenated alkanes) is 2. The SMILES string of the molecule is CCCCCNC(=O)C(CCC)N(C)CCSc1ccccc1. The molecule has 23 heavy (non-hydrogen) atoms. The molecule has 0 aliphatic rings. The van der Waals surface area contributed by atoms with Gasteiger partial charge in [0.25, 0.3) is 0 Å². The first kappa shape index (κ1) is 20.0. The average molecular weight is 337 g/mol. The third-order valence-electron chi connectivity index (χ3n) is 3.93. The van der Waals surface area contributed by atoms with E-state index in [-0.39, 0.29) is 11.9 Å². The highest BCUT2D eigenvalue weighted by Crippen LogP contribution is 2.17. The molecule has 1 N–H and O–H groups in total. The second kappa shape index (κ2) is 12.4. The maximum atomic E-state index is 12.4. The number of carbonyl (C=O) groups is 1. The van der Waals surface area contributed by atoms with Crippen molar-refractivity contribution < 1.29 is 4.79 Å². The van der Waals surface area contributed by atoms with Crippen LogP contribution in [0.25, 0.3) is 0 Å². The van der Waals surface area contributed by atoms with Crippen LogP contribution in [0.2, 0.25) is 0 Å². The Bertz CT molecular complexity index is 425. The molecule has 0 fully saturated rings. The molecule has 0 saturated heterocycles. The second-order valence-corrected chi connectivity index (χ2v) is 7.11. The highest BCUT2D eigenvalue weighted by atomic mass is 32.2. The Morgan fingerprint density at radius 3 is 2.57 bits per heavy atom. The molecule has 1 aromatic carbocycles. The second-order valence-electron chi connectivity index (χ2n) is 5.94. The number of nitrogens with zero attached hydrogens (tertiary/aromatic N) is 1. The highest BCUT2D eigenvalue weighted by molar-refractivity contribution is 7.99. The number of benzene rings is 1. The molecule has 1 unspecified atom stereocenters. The highest BCUT2D eigenvalue weighted by Gasteiger charge is 2.21. The zero-order valence-corrected chi connectivity index (χ0v) is 15.7. The number of carbonyl (C=O) groups excluding carboxylic acids is 1. The monoisotopic (exact) mass is 336 g/mol. The van der Waals surface area contributed by atoms with Crippen molar-refractivity contribution in [2.75, 3.05) is 25.9 Å². The number of hydrogen-bond acceptors (Lipinski definition) is 3. The molecule has 1 atom stereocenters. The van der Waals surface area contributed by atoms with Crippen LogP contribution in [0.1, 0.15) is 46.0 Å². The van der Waals surface area contributed by atoms with E-state index in [1.807, 2.05) is 17.8 Å². The first-order valence-electron chi connectivity index (χ1n) is 8.84. The summed E-state index contributed by atoms with van der Waals surface area (Å²) >= 11 is 1.85. The Kier molecular flexibility index (Phi) is 10.8. The van der Waals surface area contributed by atoms with Crippen molar-refractivity contribution in [3.63, 3.8) is 0 Å². The van der Waals surface area contributed by atoms with E-state index in [0.717, 1.165) is 38.1 Å². The maximum absolute atomic E-state index is 12.4. The molecule has 0 aliphatic heterocycles. The van der Waals surface area contributed by atoms with E-state index in [0.29, 0.717) is 0 Å². The summed E-state index contributed by atoms with van der Waals surface area (Å²) in [5.74, 6) is 1.19. The number of thioether (sulfide) groups is 1. The van der Waals surface area contributed by atoms with Gasteiger partial charge < -0.3 is 5.32 Å². The zero-order valence-electron chi connectivity index (χ0n) is 14.9. The van der Waals surface area contributed by atoms with E-state index >= 15 is 0 Å². The summed E-state index contributed by atoms with van der Waals surface area (Å²) in [6, 6.07) is 10.4. The number of nitrogens with one attached hydrogen (secondary N) is 1. The average Bonchev–Trinajstić information content (AvgIpc) is 2.57. The zero-order chi connectivity index (χ0) is 16.9. The predicted molar refractivity (Wildman–Crippen MR) is 101 cm³/mol. The largest absolute Gasteiger partial charge is 0.355 e. The van der Waals surface area contributed by atoms with Crippen LogP contribution in [0.15, 0.2) is 35.2 Å². The molecule has 0 aromatic heterocycles. The Morgan fingerprint density at radius 1 is 1.17 bits per heavy atom. The van der Waals surface area contributed by atoms with Crippen molar-refractivity contribution in [1.29, 1.82) is 0 Å². The normalized spacial score (nSPS) is 12.3. The molecule has 0 heterocycles. The van der Waals surface area contributed by atoms with Crippen LogP contribution in [0.4, 0.5) is 0 Å². The van der Waals surface area contributed by atoms with Crippen molar-refractivity contribution >= 4 is 17.7 Å². The van der Waals surface area contributed by atoms with E-state index in [1.165, 1.54) is 17.7 Å². The molecule has 0 aliphatic carbocycles. The smallest absolute Gasteiger partial charge is 0.237 e. The molecule has 4 heteroatoms. The summed E-state index contributed by atoms with van der Waals surface area (Å²) in [5.41, 5.74) is 0. The molecule has 1 aromatic rings. The summed E-state index contributed by atoms with van der Waals surface area (Å²) in [6.07, 6.45) is 5.40. The van der Waals surface area contributed by atoms with Gasteiger partial charge in [0.1, 0.15) is 0 Å². The van der Waals surface area contributed by atoms with Crippen LogP contribution in [0.5, 0.6) is 0 Å². The summed E-state index contributed by atoms with van der Waals surface area (Å²) in [6.45, 7) is 6.05. The minimum absolute atomic E-state index is 0.00185. The molecule has 130 valence electrons. The van der Waals surface area contributed by atoms with E-state index in [4.69, 9.17) is 0 Å². The summed E-state index contributed by atoms with van der Waals surface area (Å²) in [7, 11) is 2.07. The third-order valence-corrected chi connectivity index (χ3v) is 4.92. The summed E-state index contributed by atoms with van der Waals surface area (Å²) in [5, 5.41) is 3.10. The van der Waals surface area contributed by atoms with Crippen LogP contribution >= 0.6 is 11.8 Å². The fourth-order valence-electron chi connectivity index (χ4n) is 2.51. The van der Waals surface area contributed by atoms with Gasteiger partial charge in [0, 0.05) is 23.7 Å². The Morgan fingerprint density at radius 2 is 1.91 bits per heavy atom. The minimum Gasteiger partial charge on any atom is -0.355 e. The molecule has 1 amide bonds. The molecule has 3 nitrogen and oxygen atoms in total. The fraction of sp³-hybridized carbons (Fsp3) is 0.632. The van der Waals surface area contributed by atoms with Crippen LogP contribution in [-0.2, 0) is 4.79 Å². The topological polar surface area (TPSA) is 32.3 Å². The van der Waals surface area contributed by atoms with Gasteiger partial charge in [0.2, 0.25) is 5.91 Å². The molecule has 0 radical (unpaired) electrons. The van der Waals surface area contributed by atoms with Gasteiger partial charge in [-0.2, -0.15) is 0 Å². The lowest BCUT2D eigenvalue weighted by molar-refractivity contribution is -0.126. The number of amides is 1. The van der Waals surface area contributed by atoms with Gasteiger partial charge in [-0.1, -0.05) is 51.3 Å². The summed E-state index contributed by atoms with van der Waals surface area (Å²) in [4.78, 5) is 15.9. The van der Waals surface area contributed by atoms with E-state index in [9.17, 15) is 4.79 Å². The van der Waals surface area contributed by atoms with E-state index in [2.05, 4.69) is 55.4 Å². The quantitative estimate of drug-likeness (QED) is 0.459. The first-order chi connectivity index (χ1) is 11.2. The standard InChI is InChI=1S/C19H32N2OS/c1-4-6-10-14-20-19(22)18(11-5-2)21(3)15-16-23-17-12-8-7-9-13-17/h7-9,12-13,18H,4-6,10-11,14-16H2,1-3H3,(H,20,22). The fourth-order valence-corrected chi connectivity index (χ4v) is 3.47. The van der Waals surface area contributed by atoms with Gasteiger partial charge >= 0.3 is 0 Å². The van der Waals surface area contributed by atoms with Gasteiger partial charge in [-0.15, -0.1) is 11.8 Å². The van der Waals surface area contributed by atoms with Gasteiger partial charge in [0.15, 0.2) is 0 Å². The van der Waals surface area contributed by atoms with Crippen LogP contribution in [-0.4, -0.2) is 42.7 Å². The van der Waals surface area contributed by atoms with Gasteiger partial charge in [0.05, 0.1) is 6.04 Å². The first-order valence-corrected chi connectivity index (χ1v) is 9.83. The van der Waals surface area contributed by atoms with Gasteiger partial charge in [-0.25, -0.2) is 0 Å². The number of hydrogen-bond donors (Lipinski definition) is 1. The van der Waals surface area contributed by atoms with Crippen molar-refractivity contribution in [3.8, 4) is 0 Å². The Balaban J connectivity index is 2.37.